The first-order valence-corrected chi connectivity index (χ1v) is 8.80. The molecule has 3 rings (SSSR count). The van der Waals surface area contributed by atoms with Crippen molar-refractivity contribution >= 4 is 17.2 Å². The molecule has 0 aliphatic rings. The van der Waals surface area contributed by atoms with Gasteiger partial charge >= 0.3 is 0 Å². The Kier molecular flexibility index (Phi) is 5.40. The molecule has 0 radical (unpaired) electrons. The van der Waals surface area contributed by atoms with Crippen molar-refractivity contribution in [2.45, 2.75) is 26.5 Å². The molecule has 2 heterocycles. The number of thiazole rings is 1. The highest BCUT2D eigenvalue weighted by atomic mass is 32.1. The molecule has 1 unspecified atom stereocenters. The topological polar surface area (TPSA) is 64.1 Å². The molecular weight excluding hydrogens is 334 g/mol. The number of carbonyl (C=O) groups is 1. The molecule has 3 aromatic rings. The standard InChI is InChI=1S/C19H19N3O2S/c1-13(15-7-4-3-5-8-15)22-19(23)18-14(2)21-17(25-18)12-24-16-9-6-10-20-11-16/h3-11,13H,12H2,1-2H3,(H,22,23). The van der Waals surface area contributed by atoms with Gasteiger partial charge in [-0.15, -0.1) is 11.3 Å². The molecule has 2 aromatic heterocycles. The molecule has 1 N–H and O–H groups in total. The van der Waals surface area contributed by atoms with Crippen LogP contribution in [0.3, 0.4) is 0 Å². The van der Waals surface area contributed by atoms with Crippen LogP contribution in [0, 0.1) is 6.92 Å². The molecule has 1 amide bonds. The van der Waals surface area contributed by atoms with E-state index in [2.05, 4.69) is 15.3 Å². The van der Waals surface area contributed by atoms with Crippen molar-refractivity contribution in [3.05, 3.63) is 76.0 Å². The average molecular weight is 353 g/mol. The minimum Gasteiger partial charge on any atom is -0.485 e. The summed E-state index contributed by atoms with van der Waals surface area (Å²) in [6, 6.07) is 13.5. The number of nitrogens with one attached hydrogen (secondary N) is 1. The smallest absolute Gasteiger partial charge is 0.263 e. The number of rotatable bonds is 6. The molecule has 0 spiro atoms. The minimum atomic E-state index is -0.112. The van der Waals surface area contributed by atoms with Crippen LogP contribution >= 0.6 is 11.3 Å². The van der Waals surface area contributed by atoms with Gasteiger partial charge < -0.3 is 10.1 Å². The summed E-state index contributed by atoms with van der Waals surface area (Å²) in [6.07, 6.45) is 3.34. The number of amides is 1. The van der Waals surface area contributed by atoms with Gasteiger partial charge in [0.25, 0.3) is 5.91 Å². The van der Waals surface area contributed by atoms with Gasteiger partial charge in [-0.25, -0.2) is 4.98 Å². The number of pyridine rings is 1. The summed E-state index contributed by atoms with van der Waals surface area (Å²) in [5.41, 5.74) is 1.78. The Morgan fingerprint density at radius 2 is 2.04 bits per heavy atom. The molecule has 1 atom stereocenters. The average Bonchev–Trinajstić information content (AvgIpc) is 3.02. The van der Waals surface area contributed by atoms with Crippen LogP contribution in [0.5, 0.6) is 5.75 Å². The van der Waals surface area contributed by atoms with Gasteiger partial charge in [-0.2, -0.15) is 0 Å². The van der Waals surface area contributed by atoms with Crippen LogP contribution in [-0.2, 0) is 6.61 Å². The maximum absolute atomic E-state index is 12.5. The van der Waals surface area contributed by atoms with E-state index in [0.29, 0.717) is 22.9 Å². The number of nitrogens with zero attached hydrogens (tertiary/aromatic N) is 2. The van der Waals surface area contributed by atoms with Gasteiger partial charge in [0.05, 0.1) is 17.9 Å². The van der Waals surface area contributed by atoms with Crippen LogP contribution in [0.4, 0.5) is 0 Å². The number of aromatic nitrogens is 2. The Bertz CT molecular complexity index is 834. The van der Waals surface area contributed by atoms with Gasteiger partial charge in [-0.05, 0) is 31.5 Å². The summed E-state index contributed by atoms with van der Waals surface area (Å²) in [5, 5.41) is 3.78. The summed E-state index contributed by atoms with van der Waals surface area (Å²) in [5.74, 6) is 0.568. The van der Waals surface area contributed by atoms with E-state index in [1.807, 2.05) is 56.3 Å². The number of ether oxygens (including phenoxy) is 1. The van der Waals surface area contributed by atoms with Gasteiger partial charge in [0.2, 0.25) is 0 Å². The summed E-state index contributed by atoms with van der Waals surface area (Å²) in [4.78, 5) is 21.6. The van der Waals surface area contributed by atoms with Crippen molar-refractivity contribution in [3.8, 4) is 5.75 Å². The summed E-state index contributed by atoms with van der Waals surface area (Å²) >= 11 is 1.36. The second kappa shape index (κ2) is 7.90. The van der Waals surface area contributed by atoms with E-state index < -0.39 is 0 Å². The van der Waals surface area contributed by atoms with Crippen LogP contribution in [0.25, 0.3) is 0 Å². The van der Waals surface area contributed by atoms with E-state index in [-0.39, 0.29) is 11.9 Å². The molecule has 128 valence electrons. The number of aryl methyl sites for hydroxylation is 1. The summed E-state index contributed by atoms with van der Waals surface area (Å²) < 4.78 is 5.64. The number of carbonyl (C=O) groups excluding carboxylic acids is 1. The predicted molar refractivity (Wildman–Crippen MR) is 97.7 cm³/mol. The zero-order valence-electron chi connectivity index (χ0n) is 14.1. The van der Waals surface area contributed by atoms with Crippen molar-refractivity contribution in [2.24, 2.45) is 0 Å². The fourth-order valence-electron chi connectivity index (χ4n) is 2.39. The molecule has 0 saturated heterocycles. The van der Waals surface area contributed by atoms with Crippen LogP contribution in [0.15, 0.2) is 54.9 Å². The Morgan fingerprint density at radius 3 is 2.76 bits per heavy atom. The molecule has 0 aliphatic carbocycles. The van der Waals surface area contributed by atoms with Crippen LogP contribution in [0.2, 0.25) is 0 Å². The molecule has 6 heteroatoms. The van der Waals surface area contributed by atoms with E-state index in [4.69, 9.17) is 4.74 Å². The SMILES string of the molecule is Cc1nc(COc2cccnc2)sc1C(=O)NC(C)c1ccccc1. The zero-order valence-corrected chi connectivity index (χ0v) is 14.9. The molecule has 0 fully saturated rings. The molecule has 25 heavy (non-hydrogen) atoms. The zero-order chi connectivity index (χ0) is 17.6. The minimum absolute atomic E-state index is 0.0645. The highest BCUT2D eigenvalue weighted by Crippen LogP contribution is 2.21. The molecular formula is C19H19N3O2S. The Labute approximate surface area is 150 Å². The van der Waals surface area contributed by atoms with Gasteiger partial charge in [-0.1, -0.05) is 30.3 Å². The Morgan fingerprint density at radius 1 is 1.24 bits per heavy atom. The first-order valence-electron chi connectivity index (χ1n) is 7.98. The van der Waals surface area contributed by atoms with Crippen molar-refractivity contribution in [3.63, 3.8) is 0 Å². The Hall–Kier alpha value is -2.73. The maximum Gasteiger partial charge on any atom is 0.263 e. The molecule has 0 bridgehead atoms. The monoisotopic (exact) mass is 353 g/mol. The normalized spacial score (nSPS) is 11.8. The van der Waals surface area contributed by atoms with Crippen molar-refractivity contribution in [1.29, 1.82) is 0 Å². The fourth-order valence-corrected chi connectivity index (χ4v) is 3.27. The number of hydrogen-bond acceptors (Lipinski definition) is 5. The second-order valence-electron chi connectivity index (χ2n) is 5.61. The van der Waals surface area contributed by atoms with Crippen molar-refractivity contribution in [2.75, 3.05) is 0 Å². The molecule has 0 saturated carbocycles. The lowest BCUT2D eigenvalue weighted by atomic mass is 10.1. The quantitative estimate of drug-likeness (QED) is 0.729. The van der Waals surface area contributed by atoms with Gasteiger partial charge in [0, 0.05) is 6.20 Å². The lowest BCUT2D eigenvalue weighted by Gasteiger charge is -2.13. The largest absolute Gasteiger partial charge is 0.485 e. The summed E-state index contributed by atoms with van der Waals surface area (Å²) in [6.45, 7) is 4.13. The highest BCUT2D eigenvalue weighted by Gasteiger charge is 2.18. The van der Waals surface area contributed by atoms with Crippen LogP contribution in [-0.4, -0.2) is 15.9 Å². The lowest BCUT2D eigenvalue weighted by Crippen LogP contribution is -2.26. The summed E-state index contributed by atoms with van der Waals surface area (Å²) in [7, 11) is 0. The third-order valence-corrected chi connectivity index (χ3v) is 4.82. The van der Waals surface area contributed by atoms with Gasteiger partial charge in [-0.3, -0.25) is 9.78 Å². The van der Waals surface area contributed by atoms with Gasteiger partial charge in [0.15, 0.2) is 0 Å². The van der Waals surface area contributed by atoms with E-state index in [1.165, 1.54) is 11.3 Å². The maximum atomic E-state index is 12.5. The second-order valence-corrected chi connectivity index (χ2v) is 6.69. The Balaban J connectivity index is 1.64. The van der Waals surface area contributed by atoms with Crippen molar-refractivity contribution in [1.82, 2.24) is 15.3 Å². The molecule has 0 aliphatic heterocycles. The first-order chi connectivity index (χ1) is 12.1. The third kappa shape index (κ3) is 4.42. The fraction of sp³-hybridized carbons (Fsp3) is 0.211. The van der Waals surface area contributed by atoms with Crippen molar-refractivity contribution < 1.29 is 9.53 Å². The number of benzene rings is 1. The predicted octanol–water partition coefficient (Wildman–Crippen LogP) is 3.92. The van der Waals surface area contributed by atoms with E-state index in [9.17, 15) is 4.79 Å². The first kappa shape index (κ1) is 17.1. The molecule has 1 aromatic carbocycles. The lowest BCUT2D eigenvalue weighted by molar-refractivity contribution is 0.0943. The van der Waals surface area contributed by atoms with E-state index >= 15 is 0 Å². The van der Waals surface area contributed by atoms with E-state index in [1.54, 1.807) is 12.4 Å². The molecule has 5 nitrogen and oxygen atoms in total. The van der Waals surface area contributed by atoms with Gasteiger partial charge in [0.1, 0.15) is 22.2 Å². The third-order valence-electron chi connectivity index (χ3n) is 3.69. The highest BCUT2D eigenvalue weighted by molar-refractivity contribution is 7.13. The number of hydrogen-bond donors (Lipinski definition) is 1. The van der Waals surface area contributed by atoms with Crippen LogP contribution < -0.4 is 10.1 Å². The van der Waals surface area contributed by atoms with E-state index in [0.717, 1.165) is 10.6 Å². The van der Waals surface area contributed by atoms with Crippen LogP contribution in [0.1, 0.15) is 38.9 Å².